The molecule has 17 heavy (non-hydrogen) atoms. The summed E-state index contributed by atoms with van der Waals surface area (Å²) in [5.74, 6) is 0. The number of hydrogen-bond acceptors (Lipinski definition) is 3. The number of benzene rings is 2. The third-order valence-electron chi connectivity index (χ3n) is 2.58. The molecule has 0 spiro atoms. The highest BCUT2D eigenvalue weighted by molar-refractivity contribution is 7.98. The first-order chi connectivity index (χ1) is 8.19. The van der Waals surface area contributed by atoms with Crippen LogP contribution in [0.1, 0.15) is 5.56 Å². The van der Waals surface area contributed by atoms with Gasteiger partial charge in [0.2, 0.25) is 0 Å². The largest absolute Gasteiger partial charge is 0.397 e. The van der Waals surface area contributed by atoms with Crippen LogP contribution in [0.15, 0.2) is 47.4 Å². The van der Waals surface area contributed by atoms with Gasteiger partial charge in [0.05, 0.1) is 11.4 Å². The minimum atomic E-state index is 0.768. The van der Waals surface area contributed by atoms with Crippen molar-refractivity contribution in [1.82, 2.24) is 0 Å². The molecule has 0 bridgehead atoms. The van der Waals surface area contributed by atoms with Crippen molar-refractivity contribution in [3.05, 3.63) is 48.0 Å². The first kappa shape index (κ1) is 11.9. The maximum atomic E-state index is 5.93. The van der Waals surface area contributed by atoms with Gasteiger partial charge in [-0.05, 0) is 55.1 Å². The van der Waals surface area contributed by atoms with Crippen LogP contribution in [0.25, 0.3) is 0 Å². The van der Waals surface area contributed by atoms with Crippen LogP contribution < -0.4 is 11.1 Å². The van der Waals surface area contributed by atoms with Crippen LogP contribution in [-0.2, 0) is 0 Å². The fourth-order valence-corrected chi connectivity index (χ4v) is 2.02. The minimum Gasteiger partial charge on any atom is -0.397 e. The Labute approximate surface area is 106 Å². The number of hydrogen-bond donors (Lipinski definition) is 2. The van der Waals surface area contributed by atoms with Crippen molar-refractivity contribution < 1.29 is 0 Å². The second kappa shape index (κ2) is 5.15. The molecule has 0 atom stereocenters. The lowest BCUT2D eigenvalue weighted by Gasteiger charge is -2.10. The summed E-state index contributed by atoms with van der Waals surface area (Å²) in [4.78, 5) is 1.26. The predicted molar refractivity (Wildman–Crippen MR) is 77.1 cm³/mol. The number of nitrogens with one attached hydrogen (secondary N) is 1. The molecule has 0 aromatic heterocycles. The third kappa shape index (κ3) is 2.94. The van der Waals surface area contributed by atoms with E-state index in [1.165, 1.54) is 10.5 Å². The zero-order valence-corrected chi connectivity index (χ0v) is 10.8. The molecule has 0 radical (unpaired) electrons. The van der Waals surface area contributed by atoms with Crippen LogP contribution in [0.4, 0.5) is 17.1 Å². The van der Waals surface area contributed by atoms with Gasteiger partial charge in [-0.3, -0.25) is 0 Å². The molecule has 0 aliphatic carbocycles. The molecule has 2 rings (SSSR count). The van der Waals surface area contributed by atoms with Crippen molar-refractivity contribution in [2.75, 3.05) is 17.3 Å². The van der Waals surface area contributed by atoms with E-state index in [0.29, 0.717) is 0 Å². The maximum Gasteiger partial charge on any atom is 0.0620 e. The molecular formula is C14H16N2S. The van der Waals surface area contributed by atoms with Crippen LogP contribution in [0.3, 0.4) is 0 Å². The summed E-state index contributed by atoms with van der Waals surface area (Å²) in [6.45, 7) is 2.06. The van der Waals surface area contributed by atoms with Gasteiger partial charge < -0.3 is 11.1 Å². The van der Waals surface area contributed by atoms with Crippen molar-refractivity contribution in [2.24, 2.45) is 0 Å². The van der Waals surface area contributed by atoms with E-state index in [0.717, 1.165) is 17.1 Å². The summed E-state index contributed by atoms with van der Waals surface area (Å²) in [6, 6.07) is 14.3. The van der Waals surface area contributed by atoms with Gasteiger partial charge in [-0.25, -0.2) is 0 Å². The lowest BCUT2D eigenvalue weighted by molar-refractivity contribution is 1.42. The summed E-state index contributed by atoms with van der Waals surface area (Å²) >= 11 is 1.74. The number of thioether (sulfide) groups is 1. The lowest BCUT2D eigenvalue weighted by atomic mass is 10.2. The molecule has 0 saturated heterocycles. The maximum absolute atomic E-state index is 5.93. The zero-order valence-electron chi connectivity index (χ0n) is 10.0. The van der Waals surface area contributed by atoms with Gasteiger partial charge in [0, 0.05) is 10.6 Å². The number of aryl methyl sites for hydroxylation is 1. The second-order valence-corrected chi connectivity index (χ2v) is 4.82. The summed E-state index contributed by atoms with van der Waals surface area (Å²) in [7, 11) is 0. The van der Waals surface area contributed by atoms with Crippen molar-refractivity contribution in [3.63, 3.8) is 0 Å². The summed E-state index contributed by atoms with van der Waals surface area (Å²) in [6.07, 6.45) is 2.07. The van der Waals surface area contributed by atoms with E-state index in [1.807, 2.05) is 12.1 Å². The fraction of sp³-hybridized carbons (Fsp3) is 0.143. The van der Waals surface area contributed by atoms with Gasteiger partial charge in [-0.1, -0.05) is 6.07 Å². The first-order valence-corrected chi connectivity index (χ1v) is 6.69. The van der Waals surface area contributed by atoms with Gasteiger partial charge in [-0.2, -0.15) is 0 Å². The van der Waals surface area contributed by atoms with E-state index < -0.39 is 0 Å². The Hall–Kier alpha value is -1.61. The molecule has 0 fully saturated rings. The highest BCUT2D eigenvalue weighted by Crippen LogP contribution is 2.25. The van der Waals surface area contributed by atoms with Gasteiger partial charge in [0.1, 0.15) is 0 Å². The van der Waals surface area contributed by atoms with E-state index in [4.69, 9.17) is 5.73 Å². The van der Waals surface area contributed by atoms with E-state index >= 15 is 0 Å². The quantitative estimate of drug-likeness (QED) is 0.632. The molecular weight excluding hydrogens is 228 g/mol. The van der Waals surface area contributed by atoms with Gasteiger partial charge in [-0.15, -0.1) is 11.8 Å². The number of anilines is 3. The summed E-state index contributed by atoms with van der Waals surface area (Å²) < 4.78 is 0. The molecule has 0 saturated carbocycles. The normalized spacial score (nSPS) is 10.2. The second-order valence-electron chi connectivity index (χ2n) is 3.94. The lowest BCUT2D eigenvalue weighted by Crippen LogP contribution is -1.96. The van der Waals surface area contributed by atoms with E-state index in [9.17, 15) is 0 Å². The van der Waals surface area contributed by atoms with Crippen molar-refractivity contribution in [2.45, 2.75) is 11.8 Å². The Morgan fingerprint density at radius 2 is 1.76 bits per heavy atom. The topological polar surface area (TPSA) is 38.0 Å². The molecule has 0 heterocycles. The smallest absolute Gasteiger partial charge is 0.0620 e. The standard InChI is InChI=1S/C14H16N2S/c1-10-3-8-13(15)14(9-10)16-11-4-6-12(17-2)7-5-11/h3-9,16H,15H2,1-2H3. The van der Waals surface area contributed by atoms with Gasteiger partial charge in [0.25, 0.3) is 0 Å². The van der Waals surface area contributed by atoms with E-state index in [1.54, 1.807) is 11.8 Å². The summed E-state index contributed by atoms with van der Waals surface area (Å²) in [5.41, 5.74) is 9.91. The monoisotopic (exact) mass is 244 g/mol. The molecule has 88 valence electrons. The molecule has 0 unspecified atom stereocenters. The Balaban J connectivity index is 2.22. The van der Waals surface area contributed by atoms with Crippen LogP contribution >= 0.6 is 11.8 Å². The highest BCUT2D eigenvalue weighted by Gasteiger charge is 2.00. The first-order valence-electron chi connectivity index (χ1n) is 5.46. The number of nitrogens with two attached hydrogens (primary N) is 1. The van der Waals surface area contributed by atoms with Crippen LogP contribution in [-0.4, -0.2) is 6.26 Å². The molecule has 2 aromatic rings. The zero-order chi connectivity index (χ0) is 12.3. The summed E-state index contributed by atoms with van der Waals surface area (Å²) in [5, 5.41) is 3.33. The molecule has 2 aromatic carbocycles. The van der Waals surface area contributed by atoms with E-state index in [-0.39, 0.29) is 0 Å². The van der Waals surface area contributed by atoms with Gasteiger partial charge >= 0.3 is 0 Å². The SMILES string of the molecule is CSc1ccc(Nc2cc(C)ccc2N)cc1. The molecule has 3 heteroatoms. The Kier molecular flexibility index (Phi) is 3.59. The third-order valence-corrected chi connectivity index (χ3v) is 3.32. The Bertz CT molecular complexity index is 506. The van der Waals surface area contributed by atoms with Gasteiger partial charge in [0.15, 0.2) is 0 Å². The molecule has 3 N–H and O–H groups in total. The van der Waals surface area contributed by atoms with Crippen molar-refractivity contribution in [3.8, 4) is 0 Å². The number of rotatable bonds is 3. The van der Waals surface area contributed by atoms with Crippen LogP contribution in [0.2, 0.25) is 0 Å². The van der Waals surface area contributed by atoms with Crippen molar-refractivity contribution in [1.29, 1.82) is 0 Å². The van der Waals surface area contributed by atoms with Crippen LogP contribution in [0, 0.1) is 6.92 Å². The van der Waals surface area contributed by atoms with E-state index in [2.05, 4.69) is 48.8 Å². The van der Waals surface area contributed by atoms with Crippen LogP contribution in [0.5, 0.6) is 0 Å². The Morgan fingerprint density at radius 1 is 1.06 bits per heavy atom. The fourth-order valence-electron chi connectivity index (χ4n) is 1.61. The average molecular weight is 244 g/mol. The highest BCUT2D eigenvalue weighted by atomic mass is 32.2. The molecule has 2 nitrogen and oxygen atoms in total. The Morgan fingerprint density at radius 3 is 2.41 bits per heavy atom. The number of nitrogen functional groups attached to an aromatic ring is 1. The molecule has 0 aliphatic rings. The average Bonchev–Trinajstić information content (AvgIpc) is 2.35. The van der Waals surface area contributed by atoms with Crippen molar-refractivity contribution >= 4 is 28.8 Å². The molecule has 0 amide bonds. The molecule has 0 aliphatic heterocycles. The minimum absolute atomic E-state index is 0.768. The predicted octanol–water partition coefficient (Wildman–Crippen LogP) is 4.04.